The van der Waals surface area contributed by atoms with Crippen molar-refractivity contribution >= 4 is 23.0 Å². The number of carbonyl (C=O) groups is 2. The maximum atomic E-state index is 12.1. The van der Waals surface area contributed by atoms with Crippen molar-refractivity contribution in [2.75, 3.05) is 0 Å². The SMILES string of the molecule is CC(C)(C)OC(=O)n1ccc2cc(CCC(=O)O)ccc21. The van der Waals surface area contributed by atoms with Crippen LogP contribution >= 0.6 is 0 Å². The molecule has 0 amide bonds. The molecule has 0 atom stereocenters. The summed E-state index contributed by atoms with van der Waals surface area (Å²) in [5.41, 5.74) is 1.14. The Bertz CT molecular complexity index is 679. The summed E-state index contributed by atoms with van der Waals surface area (Å²) in [7, 11) is 0. The Labute approximate surface area is 123 Å². The molecule has 0 radical (unpaired) electrons. The highest BCUT2D eigenvalue weighted by Crippen LogP contribution is 2.20. The maximum absolute atomic E-state index is 12.1. The van der Waals surface area contributed by atoms with E-state index >= 15 is 0 Å². The first kappa shape index (κ1) is 15.1. The monoisotopic (exact) mass is 289 g/mol. The molecule has 0 spiro atoms. The molecule has 5 nitrogen and oxygen atoms in total. The van der Waals surface area contributed by atoms with E-state index in [0.29, 0.717) is 6.42 Å². The minimum Gasteiger partial charge on any atom is -0.481 e. The van der Waals surface area contributed by atoms with E-state index in [1.54, 1.807) is 6.20 Å². The summed E-state index contributed by atoms with van der Waals surface area (Å²) in [5, 5.41) is 9.60. The van der Waals surface area contributed by atoms with Gasteiger partial charge in [-0.2, -0.15) is 0 Å². The molecule has 2 rings (SSSR count). The van der Waals surface area contributed by atoms with Crippen LogP contribution in [0.3, 0.4) is 0 Å². The van der Waals surface area contributed by atoms with Crippen molar-refractivity contribution in [1.29, 1.82) is 0 Å². The average Bonchev–Trinajstić information content (AvgIpc) is 2.77. The van der Waals surface area contributed by atoms with Crippen LogP contribution in [0.15, 0.2) is 30.5 Å². The van der Waals surface area contributed by atoms with Gasteiger partial charge in [-0.05, 0) is 51.0 Å². The third-order valence-electron chi connectivity index (χ3n) is 2.97. The molecule has 0 bridgehead atoms. The Hall–Kier alpha value is -2.30. The third-order valence-corrected chi connectivity index (χ3v) is 2.97. The number of carboxylic acid groups (broad SMARTS) is 1. The van der Waals surface area contributed by atoms with Crippen molar-refractivity contribution in [1.82, 2.24) is 4.57 Å². The zero-order chi connectivity index (χ0) is 15.6. The predicted molar refractivity (Wildman–Crippen MR) is 79.5 cm³/mol. The number of nitrogens with zero attached hydrogens (tertiary/aromatic N) is 1. The van der Waals surface area contributed by atoms with Crippen molar-refractivity contribution < 1.29 is 19.4 Å². The van der Waals surface area contributed by atoms with Crippen LogP contribution in [0.4, 0.5) is 4.79 Å². The Balaban J connectivity index is 2.25. The molecular formula is C16H19NO4. The molecular weight excluding hydrogens is 270 g/mol. The first-order chi connectivity index (χ1) is 9.76. The van der Waals surface area contributed by atoms with E-state index in [-0.39, 0.29) is 6.42 Å². The summed E-state index contributed by atoms with van der Waals surface area (Å²) in [4.78, 5) is 22.7. The van der Waals surface area contributed by atoms with Gasteiger partial charge in [0.15, 0.2) is 0 Å². The minimum atomic E-state index is -0.818. The molecule has 0 saturated heterocycles. The molecule has 0 unspecified atom stereocenters. The highest BCUT2D eigenvalue weighted by molar-refractivity contribution is 5.90. The van der Waals surface area contributed by atoms with Gasteiger partial charge in [0.05, 0.1) is 5.52 Å². The molecule has 1 N–H and O–H groups in total. The van der Waals surface area contributed by atoms with E-state index in [9.17, 15) is 9.59 Å². The van der Waals surface area contributed by atoms with Gasteiger partial charge in [-0.1, -0.05) is 6.07 Å². The minimum absolute atomic E-state index is 0.0955. The quantitative estimate of drug-likeness (QED) is 0.939. The van der Waals surface area contributed by atoms with Gasteiger partial charge in [0.25, 0.3) is 0 Å². The van der Waals surface area contributed by atoms with Crippen LogP contribution in [0.1, 0.15) is 32.8 Å². The summed E-state index contributed by atoms with van der Waals surface area (Å²) >= 11 is 0. The largest absolute Gasteiger partial charge is 0.481 e. The normalized spacial score (nSPS) is 11.6. The lowest BCUT2D eigenvalue weighted by atomic mass is 10.1. The Kier molecular flexibility index (Phi) is 4.02. The first-order valence-electron chi connectivity index (χ1n) is 6.81. The molecule has 1 aromatic heterocycles. The second-order valence-corrected chi connectivity index (χ2v) is 5.95. The Morgan fingerprint density at radius 2 is 1.95 bits per heavy atom. The fourth-order valence-corrected chi connectivity index (χ4v) is 2.07. The highest BCUT2D eigenvalue weighted by Gasteiger charge is 2.18. The van der Waals surface area contributed by atoms with Gasteiger partial charge in [-0.15, -0.1) is 0 Å². The molecule has 112 valence electrons. The highest BCUT2D eigenvalue weighted by atomic mass is 16.6. The number of hydrogen-bond donors (Lipinski definition) is 1. The average molecular weight is 289 g/mol. The number of carbonyl (C=O) groups excluding carboxylic acids is 1. The lowest BCUT2D eigenvalue weighted by Gasteiger charge is -2.19. The van der Waals surface area contributed by atoms with Gasteiger partial charge in [-0.3, -0.25) is 9.36 Å². The molecule has 0 aliphatic carbocycles. The molecule has 1 heterocycles. The van der Waals surface area contributed by atoms with E-state index in [1.165, 1.54) is 4.57 Å². The molecule has 2 aromatic rings. The Morgan fingerprint density at radius 1 is 1.24 bits per heavy atom. The second kappa shape index (κ2) is 5.60. The van der Waals surface area contributed by atoms with Crippen LogP contribution in [0.25, 0.3) is 10.9 Å². The van der Waals surface area contributed by atoms with Crippen LogP contribution in [0.5, 0.6) is 0 Å². The standard InChI is InChI=1S/C16H19NO4/c1-16(2,3)21-15(20)17-9-8-12-10-11(4-6-13(12)17)5-7-14(18)19/h4,6,8-10H,5,7H2,1-3H3,(H,18,19). The number of ether oxygens (including phenoxy) is 1. The summed E-state index contributed by atoms with van der Waals surface area (Å²) in [6, 6.07) is 7.38. The van der Waals surface area contributed by atoms with E-state index in [0.717, 1.165) is 16.5 Å². The molecule has 0 aliphatic rings. The fraction of sp³-hybridized carbons (Fsp3) is 0.375. The van der Waals surface area contributed by atoms with Crippen LogP contribution in [0.2, 0.25) is 0 Å². The third kappa shape index (κ3) is 3.84. The van der Waals surface area contributed by atoms with Crippen molar-refractivity contribution in [2.24, 2.45) is 0 Å². The van der Waals surface area contributed by atoms with Crippen LogP contribution < -0.4 is 0 Å². The zero-order valence-corrected chi connectivity index (χ0v) is 12.4. The summed E-state index contributed by atoms with van der Waals surface area (Å²) in [5.74, 6) is -0.818. The van der Waals surface area contributed by atoms with Crippen LogP contribution in [0, 0.1) is 0 Å². The summed E-state index contributed by atoms with van der Waals surface area (Å²) in [6.07, 6.45) is 1.82. The first-order valence-corrected chi connectivity index (χ1v) is 6.81. The van der Waals surface area contributed by atoms with Gasteiger partial charge in [-0.25, -0.2) is 4.79 Å². The van der Waals surface area contributed by atoms with Crippen molar-refractivity contribution in [3.8, 4) is 0 Å². The maximum Gasteiger partial charge on any atom is 0.418 e. The van der Waals surface area contributed by atoms with Crippen molar-refractivity contribution in [3.05, 3.63) is 36.0 Å². The van der Waals surface area contributed by atoms with Gasteiger partial charge in [0.2, 0.25) is 0 Å². The van der Waals surface area contributed by atoms with Crippen molar-refractivity contribution in [3.63, 3.8) is 0 Å². The number of aromatic nitrogens is 1. The van der Waals surface area contributed by atoms with Crippen LogP contribution in [-0.4, -0.2) is 27.3 Å². The fourth-order valence-electron chi connectivity index (χ4n) is 2.07. The predicted octanol–water partition coefficient (Wildman–Crippen LogP) is 3.44. The molecule has 21 heavy (non-hydrogen) atoms. The zero-order valence-electron chi connectivity index (χ0n) is 12.4. The van der Waals surface area contributed by atoms with Crippen LogP contribution in [-0.2, 0) is 16.0 Å². The number of rotatable bonds is 3. The topological polar surface area (TPSA) is 68.5 Å². The number of benzene rings is 1. The van der Waals surface area contributed by atoms with E-state index < -0.39 is 17.7 Å². The number of hydrogen-bond acceptors (Lipinski definition) is 3. The molecule has 1 aromatic carbocycles. The number of carboxylic acids is 1. The lowest BCUT2D eigenvalue weighted by molar-refractivity contribution is -0.136. The Morgan fingerprint density at radius 3 is 2.57 bits per heavy atom. The number of fused-ring (bicyclic) bond motifs is 1. The summed E-state index contributed by atoms with van der Waals surface area (Å²) < 4.78 is 6.81. The molecule has 0 fully saturated rings. The smallest absolute Gasteiger partial charge is 0.418 e. The van der Waals surface area contributed by atoms with E-state index in [1.807, 2.05) is 45.0 Å². The van der Waals surface area contributed by atoms with Gasteiger partial charge >= 0.3 is 12.1 Å². The number of aliphatic carboxylic acids is 1. The lowest BCUT2D eigenvalue weighted by Crippen LogP contribution is -2.26. The molecule has 0 aliphatic heterocycles. The van der Waals surface area contributed by atoms with Crippen molar-refractivity contribution in [2.45, 2.75) is 39.2 Å². The van der Waals surface area contributed by atoms with Gasteiger partial charge < -0.3 is 9.84 Å². The van der Waals surface area contributed by atoms with Gasteiger partial charge in [0, 0.05) is 18.0 Å². The van der Waals surface area contributed by atoms with Gasteiger partial charge in [0.1, 0.15) is 5.60 Å². The van der Waals surface area contributed by atoms with E-state index in [2.05, 4.69) is 0 Å². The number of aryl methyl sites for hydroxylation is 1. The second-order valence-electron chi connectivity index (χ2n) is 5.95. The summed E-state index contributed by atoms with van der Waals surface area (Å²) in [6.45, 7) is 5.46. The molecule has 5 heteroatoms. The molecule has 0 saturated carbocycles. The van der Waals surface area contributed by atoms with E-state index in [4.69, 9.17) is 9.84 Å².